The topological polar surface area (TPSA) is 71.4 Å². The summed E-state index contributed by atoms with van der Waals surface area (Å²) in [6.45, 7) is 4.33. The van der Waals surface area contributed by atoms with E-state index in [1.165, 1.54) is 5.56 Å². The standard InChI is InChI=1S/C25H31NO5/c1-16-11-18-12-17(3-5-23(18)30-16)22(28)15-26-9-7-25(8-10-26)14-21(27)20-13-19(29-2)4-6-24(20)31-25/h3-6,12-13,16,21-22,27-28H,7-11,14-15H2,1-2H3/t16-,21-,22+/m1/s1. The number of aliphatic hydroxyl groups excluding tert-OH is 2. The van der Waals surface area contributed by atoms with Gasteiger partial charge >= 0.3 is 0 Å². The number of hydrogen-bond donors (Lipinski definition) is 2. The van der Waals surface area contributed by atoms with Gasteiger partial charge in [-0.25, -0.2) is 0 Å². The minimum absolute atomic E-state index is 0.206. The van der Waals surface area contributed by atoms with Crippen molar-refractivity contribution in [2.75, 3.05) is 26.7 Å². The molecule has 0 unspecified atom stereocenters. The maximum Gasteiger partial charge on any atom is 0.126 e. The smallest absolute Gasteiger partial charge is 0.126 e. The number of nitrogens with zero attached hydrogens (tertiary/aromatic N) is 1. The molecule has 3 atom stereocenters. The van der Waals surface area contributed by atoms with Gasteiger partial charge in [0.25, 0.3) is 0 Å². The molecule has 0 aromatic heterocycles. The second-order valence-corrected chi connectivity index (χ2v) is 9.22. The molecule has 5 rings (SSSR count). The lowest BCUT2D eigenvalue weighted by molar-refractivity contribution is -0.0588. The highest BCUT2D eigenvalue weighted by Gasteiger charge is 2.43. The quantitative estimate of drug-likeness (QED) is 0.782. The summed E-state index contributed by atoms with van der Waals surface area (Å²) in [7, 11) is 1.63. The zero-order valence-corrected chi connectivity index (χ0v) is 18.2. The van der Waals surface area contributed by atoms with Crippen molar-refractivity contribution in [3.8, 4) is 17.2 Å². The van der Waals surface area contributed by atoms with Crippen molar-refractivity contribution in [2.24, 2.45) is 0 Å². The number of aliphatic hydroxyl groups is 2. The number of methoxy groups -OCH3 is 1. The van der Waals surface area contributed by atoms with E-state index < -0.39 is 12.2 Å². The van der Waals surface area contributed by atoms with Crippen molar-refractivity contribution in [1.29, 1.82) is 0 Å². The lowest BCUT2D eigenvalue weighted by atomic mass is 9.81. The van der Waals surface area contributed by atoms with Crippen molar-refractivity contribution in [1.82, 2.24) is 4.90 Å². The average Bonchev–Trinajstić information content (AvgIpc) is 3.14. The largest absolute Gasteiger partial charge is 0.497 e. The zero-order chi connectivity index (χ0) is 21.6. The molecule has 0 saturated carbocycles. The Morgan fingerprint density at radius 3 is 2.71 bits per heavy atom. The third kappa shape index (κ3) is 4.00. The molecule has 1 fully saturated rings. The molecular formula is C25H31NO5. The molecule has 31 heavy (non-hydrogen) atoms. The van der Waals surface area contributed by atoms with Gasteiger partial charge in [0.05, 0.1) is 19.3 Å². The maximum absolute atomic E-state index is 10.8. The summed E-state index contributed by atoms with van der Waals surface area (Å²) in [4.78, 5) is 2.29. The third-order valence-corrected chi connectivity index (χ3v) is 6.97. The van der Waals surface area contributed by atoms with Gasteiger partial charge in [-0.1, -0.05) is 6.07 Å². The summed E-state index contributed by atoms with van der Waals surface area (Å²) < 4.78 is 17.5. The van der Waals surface area contributed by atoms with E-state index in [4.69, 9.17) is 14.2 Å². The van der Waals surface area contributed by atoms with E-state index in [0.29, 0.717) is 13.0 Å². The average molecular weight is 426 g/mol. The molecule has 3 aliphatic heterocycles. The van der Waals surface area contributed by atoms with Gasteiger partial charge in [0.15, 0.2) is 0 Å². The molecule has 3 aliphatic rings. The number of benzene rings is 2. The van der Waals surface area contributed by atoms with E-state index >= 15 is 0 Å². The van der Waals surface area contributed by atoms with Gasteiger partial charge in [-0.05, 0) is 61.2 Å². The minimum atomic E-state index is -0.549. The number of fused-ring (bicyclic) bond motifs is 2. The number of β-amino-alcohol motifs (C(OH)–C–C–N with tert-alkyl or cyclic N) is 1. The Morgan fingerprint density at radius 2 is 1.94 bits per heavy atom. The Hall–Kier alpha value is -2.28. The molecule has 1 saturated heterocycles. The van der Waals surface area contributed by atoms with E-state index in [9.17, 15) is 10.2 Å². The molecular weight excluding hydrogens is 394 g/mol. The van der Waals surface area contributed by atoms with Gasteiger partial charge in [-0.3, -0.25) is 0 Å². The molecule has 0 radical (unpaired) electrons. The van der Waals surface area contributed by atoms with E-state index in [-0.39, 0.29) is 11.7 Å². The summed E-state index contributed by atoms with van der Waals surface area (Å²) in [5.41, 5.74) is 2.59. The first-order valence-electron chi connectivity index (χ1n) is 11.2. The summed E-state index contributed by atoms with van der Waals surface area (Å²) >= 11 is 0. The Morgan fingerprint density at radius 1 is 1.16 bits per heavy atom. The predicted octanol–water partition coefficient (Wildman–Crippen LogP) is 3.40. The molecule has 0 amide bonds. The minimum Gasteiger partial charge on any atom is -0.497 e. The molecule has 2 aromatic carbocycles. The summed E-state index contributed by atoms with van der Waals surface area (Å²) in [6, 6.07) is 11.7. The summed E-state index contributed by atoms with van der Waals surface area (Å²) in [5.74, 6) is 2.42. The van der Waals surface area contributed by atoms with Crippen LogP contribution in [-0.2, 0) is 6.42 Å². The van der Waals surface area contributed by atoms with Crippen LogP contribution in [0.5, 0.6) is 17.2 Å². The van der Waals surface area contributed by atoms with Crippen LogP contribution in [0.2, 0.25) is 0 Å². The van der Waals surface area contributed by atoms with Crippen LogP contribution < -0.4 is 14.2 Å². The fraction of sp³-hybridized carbons (Fsp3) is 0.520. The van der Waals surface area contributed by atoms with Crippen LogP contribution in [0.25, 0.3) is 0 Å². The van der Waals surface area contributed by atoms with Crippen LogP contribution >= 0.6 is 0 Å². The lowest BCUT2D eigenvalue weighted by Gasteiger charge is -2.46. The summed E-state index contributed by atoms with van der Waals surface area (Å²) in [6.07, 6.45) is 2.28. The Balaban J connectivity index is 1.21. The van der Waals surface area contributed by atoms with E-state index in [1.54, 1.807) is 7.11 Å². The zero-order valence-electron chi connectivity index (χ0n) is 18.2. The van der Waals surface area contributed by atoms with Crippen molar-refractivity contribution in [3.63, 3.8) is 0 Å². The number of hydrogen-bond acceptors (Lipinski definition) is 6. The lowest BCUT2D eigenvalue weighted by Crippen LogP contribution is -2.51. The van der Waals surface area contributed by atoms with Gasteiger partial charge in [0, 0.05) is 38.0 Å². The molecule has 6 heteroatoms. The highest BCUT2D eigenvalue weighted by atomic mass is 16.5. The monoisotopic (exact) mass is 425 g/mol. The normalized spacial score (nSPS) is 25.3. The molecule has 1 spiro atoms. The molecule has 2 N–H and O–H groups in total. The van der Waals surface area contributed by atoms with E-state index in [0.717, 1.165) is 60.7 Å². The van der Waals surface area contributed by atoms with Gasteiger partial charge in [0.1, 0.15) is 29.0 Å². The van der Waals surface area contributed by atoms with Crippen molar-refractivity contribution in [2.45, 2.75) is 56.5 Å². The predicted molar refractivity (Wildman–Crippen MR) is 117 cm³/mol. The van der Waals surface area contributed by atoms with Crippen LogP contribution in [0.15, 0.2) is 36.4 Å². The van der Waals surface area contributed by atoms with Crippen molar-refractivity contribution in [3.05, 3.63) is 53.1 Å². The van der Waals surface area contributed by atoms with Crippen LogP contribution in [0, 0.1) is 0 Å². The first-order valence-corrected chi connectivity index (χ1v) is 11.2. The number of piperidine rings is 1. The van der Waals surface area contributed by atoms with Gasteiger partial charge in [-0.2, -0.15) is 0 Å². The molecule has 2 aromatic rings. The molecule has 166 valence electrons. The molecule has 6 nitrogen and oxygen atoms in total. The van der Waals surface area contributed by atoms with E-state index in [1.807, 2.05) is 30.3 Å². The van der Waals surface area contributed by atoms with Crippen molar-refractivity contribution >= 4 is 0 Å². The highest BCUT2D eigenvalue weighted by Crippen LogP contribution is 2.45. The fourth-order valence-electron chi connectivity index (χ4n) is 5.19. The summed E-state index contributed by atoms with van der Waals surface area (Å²) in [5, 5.41) is 21.6. The molecule has 0 aliphatic carbocycles. The van der Waals surface area contributed by atoms with Crippen LogP contribution in [0.3, 0.4) is 0 Å². The van der Waals surface area contributed by atoms with Gasteiger partial charge < -0.3 is 29.3 Å². The third-order valence-electron chi connectivity index (χ3n) is 6.97. The van der Waals surface area contributed by atoms with Gasteiger partial charge in [-0.15, -0.1) is 0 Å². The number of rotatable bonds is 4. The molecule has 3 heterocycles. The number of ether oxygens (including phenoxy) is 3. The SMILES string of the molecule is COc1ccc2c(c1)[C@H](O)CC1(CCN(C[C@H](O)c3ccc4c(c3)C[C@@H](C)O4)CC1)O2. The Labute approximate surface area is 183 Å². The van der Waals surface area contributed by atoms with Crippen LogP contribution in [-0.4, -0.2) is 53.6 Å². The van der Waals surface area contributed by atoms with Gasteiger partial charge in [0.2, 0.25) is 0 Å². The van der Waals surface area contributed by atoms with E-state index in [2.05, 4.69) is 17.9 Å². The maximum atomic E-state index is 10.8. The second kappa shape index (κ2) is 8.01. The first kappa shape index (κ1) is 20.6. The second-order valence-electron chi connectivity index (χ2n) is 9.22. The van der Waals surface area contributed by atoms with Crippen LogP contribution in [0.1, 0.15) is 55.1 Å². The van der Waals surface area contributed by atoms with Crippen molar-refractivity contribution < 1.29 is 24.4 Å². The number of likely N-dealkylation sites (tertiary alicyclic amines) is 1. The Bertz CT molecular complexity index is 953. The first-order chi connectivity index (χ1) is 14.9. The van der Waals surface area contributed by atoms with Crippen LogP contribution in [0.4, 0.5) is 0 Å². The highest BCUT2D eigenvalue weighted by molar-refractivity contribution is 5.44. The fourth-order valence-corrected chi connectivity index (χ4v) is 5.19. The Kier molecular flexibility index (Phi) is 5.32. The molecule has 0 bridgehead atoms.